The van der Waals surface area contributed by atoms with Crippen molar-refractivity contribution in [2.75, 3.05) is 28.2 Å². The maximum Gasteiger partial charge on any atom is 0.0724 e. The molecule has 0 bridgehead atoms. The van der Waals surface area contributed by atoms with E-state index in [2.05, 4.69) is 64.0 Å². The molecule has 0 aliphatic rings. The van der Waals surface area contributed by atoms with Crippen LogP contribution < -0.4 is 0 Å². The minimum Gasteiger partial charge on any atom is -0.372 e. The zero-order valence-electron chi connectivity index (χ0n) is 10.9. The highest BCUT2D eigenvalue weighted by molar-refractivity contribution is 8.06. The quantitative estimate of drug-likeness (QED) is 0.688. The molecule has 2 nitrogen and oxygen atoms in total. The van der Waals surface area contributed by atoms with Crippen LogP contribution in [-0.4, -0.2) is 38.0 Å². The summed E-state index contributed by atoms with van der Waals surface area (Å²) in [4.78, 5) is 4.34. The molecule has 0 N–H and O–H groups in total. The van der Waals surface area contributed by atoms with E-state index in [1.807, 2.05) is 11.8 Å². The number of hydrogen-bond acceptors (Lipinski definition) is 3. The Bertz CT molecular complexity index is 206. The zero-order chi connectivity index (χ0) is 11.8. The van der Waals surface area contributed by atoms with Gasteiger partial charge in [-0.1, -0.05) is 37.8 Å². The van der Waals surface area contributed by atoms with Gasteiger partial charge >= 0.3 is 0 Å². The van der Waals surface area contributed by atoms with E-state index >= 15 is 0 Å². The predicted molar refractivity (Wildman–Crippen MR) is 71.7 cm³/mol. The summed E-state index contributed by atoms with van der Waals surface area (Å²) < 4.78 is 0. The second-order valence-corrected chi connectivity index (χ2v) is 4.83. The van der Waals surface area contributed by atoms with Crippen LogP contribution in [0.5, 0.6) is 0 Å². The molecule has 0 radical (unpaired) electrons. The number of thioether (sulfide) groups is 1. The highest BCUT2D eigenvalue weighted by atomic mass is 32.2. The first kappa shape index (κ1) is 14.4. The summed E-state index contributed by atoms with van der Waals surface area (Å²) in [6.07, 6.45) is 6.68. The molecule has 3 heteroatoms. The first-order chi connectivity index (χ1) is 7.02. The summed E-state index contributed by atoms with van der Waals surface area (Å²) in [5, 5.41) is 2.62. The molecule has 15 heavy (non-hydrogen) atoms. The van der Waals surface area contributed by atoms with E-state index in [9.17, 15) is 0 Å². The van der Waals surface area contributed by atoms with Gasteiger partial charge in [0.25, 0.3) is 0 Å². The molecule has 0 aromatic heterocycles. The van der Waals surface area contributed by atoms with Crippen LogP contribution in [0, 0.1) is 0 Å². The van der Waals surface area contributed by atoms with Gasteiger partial charge in [-0.2, -0.15) is 0 Å². The van der Waals surface area contributed by atoms with Crippen molar-refractivity contribution in [1.29, 1.82) is 0 Å². The van der Waals surface area contributed by atoms with Gasteiger partial charge in [0.15, 0.2) is 0 Å². The molecule has 0 saturated heterocycles. The van der Waals surface area contributed by atoms with E-state index in [1.165, 1.54) is 10.1 Å². The van der Waals surface area contributed by atoms with Crippen molar-refractivity contribution in [3.63, 3.8) is 0 Å². The molecule has 0 unspecified atom stereocenters. The lowest BCUT2D eigenvalue weighted by Gasteiger charge is -2.22. The molecule has 0 atom stereocenters. The van der Waals surface area contributed by atoms with Crippen LogP contribution in [0.15, 0.2) is 22.2 Å². The molecule has 0 heterocycles. The summed E-state index contributed by atoms with van der Waals surface area (Å²) in [7, 11) is 8.36. The van der Waals surface area contributed by atoms with Gasteiger partial charge in [0.2, 0.25) is 0 Å². The van der Waals surface area contributed by atoms with Crippen LogP contribution >= 0.6 is 11.8 Å². The largest absolute Gasteiger partial charge is 0.372 e. The zero-order valence-corrected chi connectivity index (χ0v) is 11.7. The second kappa shape index (κ2) is 7.69. The molecular weight excluding hydrogens is 204 g/mol. The fourth-order valence-electron chi connectivity index (χ4n) is 1.09. The Morgan fingerprint density at radius 2 is 1.20 bits per heavy atom. The molecule has 0 saturated carbocycles. The smallest absolute Gasteiger partial charge is 0.0724 e. The molecule has 0 amide bonds. The van der Waals surface area contributed by atoms with E-state index < -0.39 is 0 Å². The topological polar surface area (TPSA) is 6.48 Å². The van der Waals surface area contributed by atoms with Gasteiger partial charge in [-0.05, 0) is 12.8 Å². The Kier molecular flexibility index (Phi) is 7.39. The van der Waals surface area contributed by atoms with E-state index in [1.54, 1.807) is 0 Å². The second-order valence-electron chi connectivity index (χ2n) is 3.79. The molecule has 0 aromatic rings. The predicted octanol–water partition coefficient (Wildman–Crippen LogP) is 3.35. The molecule has 0 aromatic carbocycles. The highest BCUT2D eigenvalue weighted by Gasteiger charge is 2.06. The third kappa shape index (κ3) is 5.78. The van der Waals surface area contributed by atoms with Gasteiger partial charge in [-0.15, -0.1) is 0 Å². The van der Waals surface area contributed by atoms with Gasteiger partial charge in [0, 0.05) is 28.2 Å². The molecule has 0 aliphatic heterocycles. The van der Waals surface area contributed by atoms with Crippen molar-refractivity contribution >= 4 is 11.8 Å². The molecule has 0 rings (SSSR count). The minimum atomic E-state index is 1.08. The van der Waals surface area contributed by atoms with Crippen molar-refractivity contribution in [1.82, 2.24) is 9.80 Å². The number of hydrogen-bond donors (Lipinski definition) is 0. The average molecular weight is 228 g/mol. The number of allylic oxidation sites excluding steroid dienone is 2. The third-order valence-corrected chi connectivity index (χ3v) is 3.33. The fourth-order valence-corrected chi connectivity index (χ4v) is 2.17. The maximum absolute atomic E-state index is 2.26. The van der Waals surface area contributed by atoms with Gasteiger partial charge in [-0.3, -0.25) is 0 Å². The lowest BCUT2D eigenvalue weighted by molar-refractivity contribution is 0.535. The first-order valence-corrected chi connectivity index (χ1v) is 6.27. The normalized spacial score (nSPS) is 12.9. The Morgan fingerprint density at radius 3 is 1.40 bits per heavy atom. The van der Waals surface area contributed by atoms with E-state index in [0.717, 1.165) is 12.8 Å². The molecule has 0 spiro atoms. The van der Waals surface area contributed by atoms with Crippen LogP contribution in [0.25, 0.3) is 0 Å². The third-order valence-electron chi connectivity index (χ3n) is 1.85. The summed E-state index contributed by atoms with van der Waals surface area (Å²) in [6, 6.07) is 0. The summed E-state index contributed by atoms with van der Waals surface area (Å²) in [6.45, 7) is 4.34. The standard InChI is InChI=1S/C12H24N2S/c1-7-9-11(13(3)4)15-12(10-8-2)14(5)6/h9-10H,7-8H2,1-6H3/b11-9-,12-10-. The Balaban J connectivity index is 4.63. The van der Waals surface area contributed by atoms with Crippen LogP contribution in [-0.2, 0) is 0 Å². The Hall–Kier alpha value is -0.570. The van der Waals surface area contributed by atoms with Crippen molar-refractivity contribution < 1.29 is 0 Å². The van der Waals surface area contributed by atoms with Gasteiger partial charge in [-0.25, -0.2) is 0 Å². The van der Waals surface area contributed by atoms with E-state index in [0.29, 0.717) is 0 Å². The van der Waals surface area contributed by atoms with E-state index in [-0.39, 0.29) is 0 Å². The van der Waals surface area contributed by atoms with Gasteiger partial charge in [0.1, 0.15) is 0 Å². The van der Waals surface area contributed by atoms with Gasteiger partial charge in [0.05, 0.1) is 10.1 Å². The molecule has 0 fully saturated rings. The molecular formula is C12H24N2S. The summed E-state index contributed by atoms with van der Waals surface area (Å²) in [5.74, 6) is 0. The summed E-state index contributed by atoms with van der Waals surface area (Å²) >= 11 is 1.83. The van der Waals surface area contributed by atoms with Crippen molar-refractivity contribution in [3.05, 3.63) is 22.2 Å². The van der Waals surface area contributed by atoms with Crippen molar-refractivity contribution in [2.45, 2.75) is 26.7 Å². The monoisotopic (exact) mass is 228 g/mol. The number of nitrogens with zero attached hydrogens (tertiary/aromatic N) is 2. The minimum absolute atomic E-state index is 1.08. The average Bonchev–Trinajstić information content (AvgIpc) is 2.15. The Morgan fingerprint density at radius 1 is 0.867 bits per heavy atom. The first-order valence-electron chi connectivity index (χ1n) is 5.45. The lowest BCUT2D eigenvalue weighted by atomic mass is 10.4. The summed E-state index contributed by atoms with van der Waals surface area (Å²) in [5.41, 5.74) is 0. The van der Waals surface area contributed by atoms with E-state index in [4.69, 9.17) is 0 Å². The van der Waals surface area contributed by atoms with Crippen LogP contribution in [0.1, 0.15) is 26.7 Å². The maximum atomic E-state index is 2.26. The fraction of sp³-hybridized carbons (Fsp3) is 0.667. The van der Waals surface area contributed by atoms with Crippen molar-refractivity contribution in [3.8, 4) is 0 Å². The SMILES string of the molecule is CC/C=C(\S/C(=C\CC)N(C)C)N(C)C. The molecule has 88 valence electrons. The highest BCUT2D eigenvalue weighted by Crippen LogP contribution is 2.28. The molecule has 0 aliphatic carbocycles. The van der Waals surface area contributed by atoms with Gasteiger partial charge < -0.3 is 9.80 Å². The van der Waals surface area contributed by atoms with Crippen LogP contribution in [0.2, 0.25) is 0 Å². The van der Waals surface area contributed by atoms with Crippen LogP contribution in [0.3, 0.4) is 0 Å². The number of rotatable bonds is 6. The van der Waals surface area contributed by atoms with Crippen LogP contribution in [0.4, 0.5) is 0 Å². The lowest BCUT2D eigenvalue weighted by Crippen LogP contribution is -2.13. The Labute approximate surface area is 99.0 Å². The van der Waals surface area contributed by atoms with Crippen molar-refractivity contribution in [2.24, 2.45) is 0 Å².